The van der Waals surface area contributed by atoms with Crippen molar-refractivity contribution in [2.45, 2.75) is 89.8 Å². The van der Waals surface area contributed by atoms with E-state index >= 15 is 0 Å². The number of piperazine rings is 1. The van der Waals surface area contributed by atoms with Crippen LogP contribution in [-0.2, 0) is 4.74 Å². The van der Waals surface area contributed by atoms with Gasteiger partial charge in [0.2, 0.25) is 0 Å². The lowest BCUT2D eigenvalue weighted by Crippen LogP contribution is -2.68. The maximum atomic E-state index is 5.78. The van der Waals surface area contributed by atoms with E-state index in [0.29, 0.717) is 11.6 Å². The molecular weight excluding hydrogens is 260 g/mol. The van der Waals surface area contributed by atoms with Crippen LogP contribution in [0.4, 0.5) is 0 Å². The Morgan fingerprint density at radius 1 is 1.19 bits per heavy atom. The van der Waals surface area contributed by atoms with Gasteiger partial charge in [0.1, 0.15) is 0 Å². The van der Waals surface area contributed by atoms with E-state index in [4.69, 9.17) is 4.74 Å². The minimum atomic E-state index is 0.289. The van der Waals surface area contributed by atoms with E-state index in [9.17, 15) is 0 Å². The molecule has 21 heavy (non-hydrogen) atoms. The molecule has 0 aromatic carbocycles. The van der Waals surface area contributed by atoms with E-state index in [1.54, 1.807) is 0 Å². The molecule has 124 valence electrons. The van der Waals surface area contributed by atoms with Gasteiger partial charge in [-0.05, 0) is 58.4 Å². The van der Waals surface area contributed by atoms with Crippen molar-refractivity contribution in [3.8, 4) is 0 Å². The monoisotopic (exact) mass is 296 g/mol. The predicted octanol–water partition coefficient (Wildman–Crippen LogP) is 3.58. The third-order valence-corrected chi connectivity index (χ3v) is 6.13. The second-order valence-electron chi connectivity index (χ2n) is 7.40. The fourth-order valence-electron chi connectivity index (χ4n) is 4.02. The molecule has 2 aliphatic rings. The Balaban J connectivity index is 1.92. The standard InChI is InChI=1S/C18H36N2O/c1-5-17(4)15-20(18(6-2,7-3)14-19-17)12-8-10-16-11-9-13-21-16/h16,19H,5-15H2,1-4H3. The Labute approximate surface area is 131 Å². The Morgan fingerprint density at radius 2 is 1.95 bits per heavy atom. The molecule has 0 aromatic heterocycles. The summed E-state index contributed by atoms with van der Waals surface area (Å²) in [6, 6.07) is 0. The van der Waals surface area contributed by atoms with Crippen molar-refractivity contribution >= 4 is 0 Å². The van der Waals surface area contributed by atoms with Crippen LogP contribution in [0.2, 0.25) is 0 Å². The van der Waals surface area contributed by atoms with E-state index in [2.05, 4.69) is 37.9 Å². The van der Waals surface area contributed by atoms with E-state index in [0.717, 1.165) is 13.2 Å². The zero-order valence-electron chi connectivity index (χ0n) is 14.7. The predicted molar refractivity (Wildman–Crippen MR) is 89.8 cm³/mol. The van der Waals surface area contributed by atoms with Gasteiger partial charge in [-0.1, -0.05) is 20.8 Å². The lowest BCUT2D eigenvalue weighted by molar-refractivity contribution is -0.00172. The van der Waals surface area contributed by atoms with Crippen LogP contribution in [0.25, 0.3) is 0 Å². The van der Waals surface area contributed by atoms with E-state index in [1.165, 1.54) is 58.0 Å². The van der Waals surface area contributed by atoms with E-state index in [-0.39, 0.29) is 5.54 Å². The van der Waals surface area contributed by atoms with Gasteiger partial charge in [0, 0.05) is 30.8 Å². The molecule has 3 heteroatoms. The van der Waals surface area contributed by atoms with Gasteiger partial charge in [0.25, 0.3) is 0 Å². The van der Waals surface area contributed by atoms with Gasteiger partial charge in [-0.2, -0.15) is 0 Å². The molecule has 0 aromatic rings. The molecule has 2 fully saturated rings. The molecule has 2 atom stereocenters. The van der Waals surface area contributed by atoms with Crippen LogP contribution in [0, 0.1) is 0 Å². The highest BCUT2D eigenvalue weighted by molar-refractivity contribution is 5.02. The smallest absolute Gasteiger partial charge is 0.0576 e. The SMILES string of the molecule is CCC1(C)CN(CCCC2CCCO2)C(CC)(CC)CN1. The first-order chi connectivity index (χ1) is 10.1. The van der Waals surface area contributed by atoms with Crippen molar-refractivity contribution in [1.29, 1.82) is 0 Å². The highest BCUT2D eigenvalue weighted by Crippen LogP contribution is 2.31. The Hall–Kier alpha value is -0.120. The fraction of sp³-hybridized carbons (Fsp3) is 1.00. The van der Waals surface area contributed by atoms with Crippen LogP contribution in [-0.4, -0.2) is 48.3 Å². The molecule has 0 bridgehead atoms. The summed E-state index contributed by atoms with van der Waals surface area (Å²) in [5.41, 5.74) is 0.656. The molecule has 1 N–H and O–H groups in total. The van der Waals surface area contributed by atoms with Crippen molar-refractivity contribution in [2.75, 3.05) is 26.2 Å². The lowest BCUT2D eigenvalue weighted by atomic mass is 9.82. The number of nitrogens with zero attached hydrogens (tertiary/aromatic N) is 1. The second-order valence-corrected chi connectivity index (χ2v) is 7.40. The number of hydrogen-bond donors (Lipinski definition) is 1. The lowest BCUT2D eigenvalue weighted by Gasteiger charge is -2.53. The zero-order valence-corrected chi connectivity index (χ0v) is 14.7. The molecule has 2 heterocycles. The largest absolute Gasteiger partial charge is 0.378 e. The minimum Gasteiger partial charge on any atom is -0.378 e. The van der Waals surface area contributed by atoms with Gasteiger partial charge in [-0.15, -0.1) is 0 Å². The summed E-state index contributed by atoms with van der Waals surface area (Å²) < 4.78 is 5.78. The normalized spacial score (nSPS) is 33.4. The maximum Gasteiger partial charge on any atom is 0.0576 e. The molecule has 2 aliphatic heterocycles. The van der Waals surface area contributed by atoms with Crippen LogP contribution >= 0.6 is 0 Å². The van der Waals surface area contributed by atoms with Gasteiger partial charge in [0.15, 0.2) is 0 Å². The van der Waals surface area contributed by atoms with E-state index in [1.807, 2.05) is 0 Å². The molecule has 0 saturated carbocycles. The molecule has 3 nitrogen and oxygen atoms in total. The molecule has 2 unspecified atom stereocenters. The maximum absolute atomic E-state index is 5.78. The van der Waals surface area contributed by atoms with Gasteiger partial charge >= 0.3 is 0 Å². The topological polar surface area (TPSA) is 24.5 Å². The first-order valence-electron chi connectivity index (χ1n) is 9.19. The molecule has 0 radical (unpaired) electrons. The summed E-state index contributed by atoms with van der Waals surface area (Å²) in [5.74, 6) is 0. The second kappa shape index (κ2) is 7.43. The number of hydrogen-bond acceptors (Lipinski definition) is 3. The highest BCUT2D eigenvalue weighted by atomic mass is 16.5. The number of nitrogens with one attached hydrogen (secondary N) is 1. The van der Waals surface area contributed by atoms with Crippen molar-refractivity contribution in [3.63, 3.8) is 0 Å². The molecule has 2 saturated heterocycles. The molecule has 2 rings (SSSR count). The van der Waals surface area contributed by atoms with Crippen LogP contribution in [0.15, 0.2) is 0 Å². The summed E-state index contributed by atoms with van der Waals surface area (Å²) in [6.07, 6.45) is 9.32. The zero-order chi connectivity index (χ0) is 15.3. The first kappa shape index (κ1) is 17.2. The van der Waals surface area contributed by atoms with Gasteiger partial charge < -0.3 is 10.1 Å². The highest BCUT2D eigenvalue weighted by Gasteiger charge is 2.42. The fourth-order valence-corrected chi connectivity index (χ4v) is 4.02. The summed E-state index contributed by atoms with van der Waals surface area (Å²) >= 11 is 0. The first-order valence-corrected chi connectivity index (χ1v) is 9.19. The van der Waals surface area contributed by atoms with Gasteiger partial charge in [-0.25, -0.2) is 0 Å². The molecule has 0 spiro atoms. The average Bonchev–Trinajstić information content (AvgIpc) is 3.02. The number of rotatable bonds is 7. The summed E-state index contributed by atoms with van der Waals surface area (Å²) in [5, 5.41) is 3.83. The van der Waals surface area contributed by atoms with Crippen molar-refractivity contribution < 1.29 is 4.74 Å². The summed E-state index contributed by atoms with van der Waals surface area (Å²) in [6.45, 7) is 14.0. The average molecular weight is 296 g/mol. The van der Waals surface area contributed by atoms with Crippen LogP contribution in [0.5, 0.6) is 0 Å². The molecular formula is C18H36N2O. The third kappa shape index (κ3) is 4.00. The van der Waals surface area contributed by atoms with Crippen LogP contribution < -0.4 is 5.32 Å². The van der Waals surface area contributed by atoms with Crippen molar-refractivity contribution in [1.82, 2.24) is 10.2 Å². The van der Waals surface area contributed by atoms with Crippen molar-refractivity contribution in [2.24, 2.45) is 0 Å². The van der Waals surface area contributed by atoms with Gasteiger partial charge in [-0.3, -0.25) is 4.90 Å². The molecule has 0 aliphatic carbocycles. The number of ether oxygens (including phenoxy) is 1. The Bertz CT molecular complexity index is 310. The Kier molecular flexibility index (Phi) is 6.10. The van der Waals surface area contributed by atoms with Crippen molar-refractivity contribution in [3.05, 3.63) is 0 Å². The van der Waals surface area contributed by atoms with Crippen LogP contribution in [0.3, 0.4) is 0 Å². The Morgan fingerprint density at radius 3 is 2.52 bits per heavy atom. The minimum absolute atomic E-state index is 0.289. The molecule has 0 amide bonds. The van der Waals surface area contributed by atoms with Gasteiger partial charge in [0.05, 0.1) is 6.10 Å². The third-order valence-electron chi connectivity index (χ3n) is 6.13. The quantitative estimate of drug-likeness (QED) is 0.777. The summed E-state index contributed by atoms with van der Waals surface area (Å²) in [4.78, 5) is 2.79. The summed E-state index contributed by atoms with van der Waals surface area (Å²) in [7, 11) is 0. The van der Waals surface area contributed by atoms with Crippen LogP contribution in [0.1, 0.15) is 72.6 Å². The van der Waals surface area contributed by atoms with E-state index < -0.39 is 0 Å².